The van der Waals surface area contributed by atoms with Gasteiger partial charge in [0, 0.05) is 18.0 Å². The zero-order valence-electron chi connectivity index (χ0n) is 10.4. The van der Waals surface area contributed by atoms with Crippen molar-refractivity contribution in [3.63, 3.8) is 0 Å². The van der Waals surface area contributed by atoms with Crippen LogP contribution in [0.2, 0.25) is 0 Å². The number of carboxylic acid groups (broad SMARTS) is 1. The first kappa shape index (κ1) is 12.6. The number of rotatable bonds is 6. The van der Waals surface area contributed by atoms with E-state index in [0.29, 0.717) is 10.3 Å². The second-order valence-electron chi connectivity index (χ2n) is 4.95. The van der Waals surface area contributed by atoms with Gasteiger partial charge in [-0.25, -0.2) is 4.79 Å². The molecule has 1 saturated carbocycles. The van der Waals surface area contributed by atoms with E-state index >= 15 is 0 Å². The lowest BCUT2D eigenvalue weighted by Crippen LogP contribution is -2.23. The van der Waals surface area contributed by atoms with Gasteiger partial charge in [-0.1, -0.05) is 6.92 Å². The van der Waals surface area contributed by atoms with Crippen molar-refractivity contribution in [1.29, 1.82) is 0 Å². The molecule has 1 fully saturated rings. The van der Waals surface area contributed by atoms with E-state index in [1.165, 1.54) is 30.6 Å². The molecule has 0 spiro atoms. The number of carboxylic acids is 1. The van der Waals surface area contributed by atoms with Gasteiger partial charge in [-0.15, -0.1) is 11.3 Å². The van der Waals surface area contributed by atoms with Crippen LogP contribution in [0.1, 0.15) is 46.3 Å². The van der Waals surface area contributed by atoms with Gasteiger partial charge in [0.25, 0.3) is 0 Å². The van der Waals surface area contributed by atoms with E-state index in [0.717, 1.165) is 23.5 Å². The second-order valence-corrected chi connectivity index (χ2v) is 6.21. The molecule has 0 aromatic carbocycles. The molecule has 1 aliphatic rings. The van der Waals surface area contributed by atoms with Crippen LogP contribution in [-0.4, -0.2) is 17.6 Å². The third-order valence-corrected chi connectivity index (χ3v) is 4.83. The highest BCUT2D eigenvalue weighted by molar-refractivity contribution is 7.14. The Balaban J connectivity index is 1.88. The van der Waals surface area contributed by atoms with Crippen LogP contribution in [-0.2, 0) is 6.54 Å². The molecular weight excluding hydrogens is 234 g/mol. The van der Waals surface area contributed by atoms with Gasteiger partial charge in [0.2, 0.25) is 0 Å². The molecule has 0 amide bonds. The van der Waals surface area contributed by atoms with Crippen LogP contribution < -0.4 is 5.32 Å². The van der Waals surface area contributed by atoms with Gasteiger partial charge in [-0.05, 0) is 43.2 Å². The van der Waals surface area contributed by atoms with Crippen LogP contribution in [0.25, 0.3) is 0 Å². The van der Waals surface area contributed by atoms with E-state index in [-0.39, 0.29) is 0 Å². The van der Waals surface area contributed by atoms with E-state index in [4.69, 9.17) is 5.11 Å². The zero-order chi connectivity index (χ0) is 12.5. The van der Waals surface area contributed by atoms with Gasteiger partial charge < -0.3 is 10.4 Å². The Morgan fingerprint density at radius 3 is 2.76 bits per heavy atom. The van der Waals surface area contributed by atoms with Crippen molar-refractivity contribution in [1.82, 2.24) is 5.32 Å². The number of aryl methyl sites for hydroxylation is 1. The Morgan fingerprint density at radius 2 is 2.29 bits per heavy atom. The van der Waals surface area contributed by atoms with Crippen LogP contribution in [0.4, 0.5) is 0 Å². The summed E-state index contributed by atoms with van der Waals surface area (Å²) in [5.74, 6) is -0.823. The van der Waals surface area contributed by atoms with Crippen LogP contribution in [0.3, 0.4) is 0 Å². The summed E-state index contributed by atoms with van der Waals surface area (Å²) in [6, 6.07) is 1.79. The number of hydrogen-bond acceptors (Lipinski definition) is 3. The van der Waals surface area contributed by atoms with E-state index in [1.807, 2.05) is 6.92 Å². The number of hydrogen-bond donors (Lipinski definition) is 2. The Kier molecular flexibility index (Phi) is 3.54. The van der Waals surface area contributed by atoms with Crippen LogP contribution >= 0.6 is 11.3 Å². The number of carbonyl (C=O) groups is 1. The van der Waals surface area contributed by atoms with Crippen LogP contribution in [0.15, 0.2) is 6.07 Å². The minimum Gasteiger partial charge on any atom is -0.477 e. The maximum absolute atomic E-state index is 10.8. The Hall–Kier alpha value is -0.870. The first-order valence-electron chi connectivity index (χ1n) is 6.10. The van der Waals surface area contributed by atoms with Crippen molar-refractivity contribution in [3.8, 4) is 0 Å². The molecule has 4 heteroatoms. The van der Waals surface area contributed by atoms with E-state index < -0.39 is 5.97 Å². The third kappa shape index (κ3) is 2.87. The molecule has 94 valence electrons. The molecule has 0 aliphatic heterocycles. The second kappa shape index (κ2) is 4.78. The number of aromatic carboxylic acids is 1. The molecule has 0 unspecified atom stereocenters. The fraction of sp³-hybridized carbons (Fsp3) is 0.615. The molecule has 1 aromatic rings. The normalized spacial score (nSPS) is 17.1. The summed E-state index contributed by atoms with van der Waals surface area (Å²) in [6.45, 7) is 6.08. The number of thiophene rings is 1. The SMILES string of the molecule is CCC1(CNCc2cc(C(=O)O)sc2C)CC1. The molecular formula is C13H19NO2S. The zero-order valence-corrected chi connectivity index (χ0v) is 11.2. The van der Waals surface area contributed by atoms with E-state index in [1.54, 1.807) is 6.07 Å². The van der Waals surface area contributed by atoms with Gasteiger partial charge in [-0.3, -0.25) is 0 Å². The van der Waals surface area contributed by atoms with Gasteiger partial charge in [-0.2, -0.15) is 0 Å². The van der Waals surface area contributed by atoms with Crippen molar-refractivity contribution >= 4 is 17.3 Å². The summed E-state index contributed by atoms with van der Waals surface area (Å²) in [7, 11) is 0. The highest BCUT2D eigenvalue weighted by Gasteiger charge is 2.39. The third-order valence-electron chi connectivity index (χ3n) is 3.75. The smallest absolute Gasteiger partial charge is 0.345 e. The summed E-state index contributed by atoms with van der Waals surface area (Å²) in [5.41, 5.74) is 1.67. The molecule has 0 radical (unpaired) electrons. The van der Waals surface area contributed by atoms with Crippen molar-refractivity contribution < 1.29 is 9.90 Å². The van der Waals surface area contributed by atoms with Crippen molar-refractivity contribution in [2.45, 2.75) is 39.7 Å². The minimum atomic E-state index is -0.823. The van der Waals surface area contributed by atoms with Gasteiger partial charge in [0.05, 0.1) is 0 Å². The molecule has 1 aliphatic carbocycles. The van der Waals surface area contributed by atoms with Gasteiger partial charge in [0.1, 0.15) is 4.88 Å². The van der Waals surface area contributed by atoms with E-state index in [9.17, 15) is 4.79 Å². The predicted molar refractivity (Wildman–Crippen MR) is 69.7 cm³/mol. The fourth-order valence-electron chi connectivity index (χ4n) is 2.10. The van der Waals surface area contributed by atoms with E-state index in [2.05, 4.69) is 12.2 Å². The predicted octanol–water partition coefficient (Wildman–Crippen LogP) is 3.03. The monoisotopic (exact) mass is 253 g/mol. The molecule has 2 N–H and O–H groups in total. The summed E-state index contributed by atoms with van der Waals surface area (Å²) in [6.07, 6.45) is 3.90. The molecule has 0 bridgehead atoms. The topological polar surface area (TPSA) is 49.3 Å². The maximum Gasteiger partial charge on any atom is 0.345 e. The first-order valence-corrected chi connectivity index (χ1v) is 6.91. The summed E-state index contributed by atoms with van der Waals surface area (Å²) in [5, 5.41) is 12.4. The lowest BCUT2D eigenvalue weighted by atomic mass is 10.0. The summed E-state index contributed by atoms with van der Waals surface area (Å²) < 4.78 is 0. The summed E-state index contributed by atoms with van der Waals surface area (Å²) in [4.78, 5) is 12.4. The number of nitrogens with one attached hydrogen (secondary N) is 1. The molecule has 1 aromatic heterocycles. The molecule has 0 atom stereocenters. The quantitative estimate of drug-likeness (QED) is 0.819. The van der Waals surface area contributed by atoms with Gasteiger partial charge >= 0.3 is 5.97 Å². The highest BCUT2D eigenvalue weighted by Crippen LogP contribution is 2.47. The van der Waals surface area contributed by atoms with Crippen LogP contribution in [0.5, 0.6) is 0 Å². The molecule has 17 heavy (non-hydrogen) atoms. The van der Waals surface area contributed by atoms with Crippen molar-refractivity contribution in [3.05, 3.63) is 21.4 Å². The molecule has 3 nitrogen and oxygen atoms in total. The average Bonchev–Trinajstić information content (AvgIpc) is 2.97. The lowest BCUT2D eigenvalue weighted by molar-refractivity contribution is 0.0702. The Bertz CT molecular complexity index is 421. The van der Waals surface area contributed by atoms with Crippen molar-refractivity contribution in [2.24, 2.45) is 5.41 Å². The largest absolute Gasteiger partial charge is 0.477 e. The molecule has 0 saturated heterocycles. The first-order chi connectivity index (χ1) is 8.06. The Morgan fingerprint density at radius 1 is 1.59 bits per heavy atom. The standard InChI is InChI=1S/C13H19NO2S/c1-3-13(4-5-13)8-14-7-10-6-11(12(15)16)17-9(10)2/h6,14H,3-5,7-8H2,1-2H3,(H,15,16). The van der Waals surface area contributed by atoms with Gasteiger partial charge in [0.15, 0.2) is 0 Å². The fourth-order valence-corrected chi connectivity index (χ4v) is 2.98. The molecule has 1 heterocycles. The maximum atomic E-state index is 10.8. The lowest BCUT2D eigenvalue weighted by Gasteiger charge is -2.13. The minimum absolute atomic E-state index is 0.441. The summed E-state index contributed by atoms with van der Waals surface area (Å²) >= 11 is 1.36. The highest BCUT2D eigenvalue weighted by atomic mass is 32.1. The van der Waals surface area contributed by atoms with Crippen molar-refractivity contribution in [2.75, 3.05) is 6.54 Å². The van der Waals surface area contributed by atoms with Crippen LogP contribution in [0, 0.1) is 12.3 Å². The Labute approximate surface area is 106 Å². The average molecular weight is 253 g/mol. The molecule has 2 rings (SSSR count).